The van der Waals surface area contributed by atoms with Crippen LogP contribution in [0.25, 0.3) is 0 Å². The monoisotopic (exact) mass is 790 g/mol. The van der Waals surface area contributed by atoms with Crippen LogP contribution in [0.3, 0.4) is 0 Å². The lowest BCUT2D eigenvalue weighted by molar-refractivity contribution is 0.430. The summed E-state index contributed by atoms with van der Waals surface area (Å²) in [5, 5.41) is 20.3. The largest absolute Gasteiger partial charge is 0.506 e. The Bertz CT molecular complexity index is 1860. The number of aromatic hydroxyl groups is 2. The van der Waals surface area contributed by atoms with Gasteiger partial charge in [0.2, 0.25) is 20.0 Å². The standard InChI is InChI=1S/2C17H18BrNO3S/c2*1-10-4-6-13(7-5-10)23(21,22)19-8-14-11(2)16(18)17(20)12(3)15(14)9-19/h2*4-7,20H,8-9H2,1-3H3. The van der Waals surface area contributed by atoms with Crippen molar-refractivity contribution in [2.24, 2.45) is 0 Å². The molecule has 4 aromatic rings. The third-order valence-electron chi connectivity index (χ3n) is 8.98. The number of benzene rings is 4. The van der Waals surface area contributed by atoms with Gasteiger partial charge in [-0.25, -0.2) is 16.8 Å². The van der Waals surface area contributed by atoms with Crippen LogP contribution in [-0.2, 0) is 46.2 Å². The second-order valence-electron chi connectivity index (χ2n) is 11.9. The van der Waals surface area contributed by atoms with Crippen molar-refractivity contribution in [3.8, 4) is 11.5 Å². The summed E-state index contributed by atoms with van der Waals surface area (Å²) >= 11 is 6.78. The van der Waals surface area contributed by atoms with E-state index in [-0.39, 0.29) is 11.5 Å². The Morgan fingerprint density at radius 3 is 1.04 bits per heavy atom. The average molecular weight is 793 g/mol. The van der Waals surface area contributed by atoms with Gasteiger partial charge in [-0.2, -0.15) is 8.61 Å². The Hall–Kier alpha value is -2.74. The van der Waals surface area contributed by atoms with E-state index in [1.54, 1.807) is 48.5 Å². The van der Waals surface area contributed by atoms with Crippen molar-refractivity contribution >= 4 is 51.9 Å². The molecule has 0 unspecified atom stereocenters. The van der Waals surface area contributed by atoms with Crippen LogP contribution in [0.15, 0.2) is 67.3 Å². The molecule has 6 rings (SSSR count). The zero-order valence-corrected chi connectivity index (χ0v) is 31.2. The molecule has 0 aromatic heterocycles. The first-order valence-electron chi connectivity index (χ1n) is 14.6. The Kier molecular flexibility index (Phi) is 9.55. The van der Waals surface area contributed by atoms with E-state index in [9.17, 15) is 27.0 Å². The van der Waals surface area contributed by atoms with Gasteiger partial charge in [0.25, 0.3) is 0 Å². The fourth-order valence-electron chi connectivity index (χ4n) is 5.87. The average Bonchev–Trinajstić information content (AvgIpc) is 3.69. The van der Waals surface area contributed by atoms with Gasteiger partial charge in [-0.1, -0.05) is 35.4 Å². The molecular weight excluding hydrogens is 756 g/mol. The van der Waals surface area contributed by atoms with Crippen molar-refractivity contribution in [3.05, 3.63) is 113 Å². The van der Waals surface area contributed by atoms with E-state index in [2.05, 4.69) is 31.9 Å². The number of phenols is 2. The molecule has 0 fully saturated rings. The molecule has 0 amide bonds. The van der Waals surface area contributed by atoms with Crippen molar-refractivity contribution in [2.45, 2.75) is 77.5 Å². The molecule has 2 aliphatic rings. The SMILES string of the molecule is Cc1ccc(S(=O)(=O)N2Cc3c(C)c(O)c(Br)c(C)c3C2)cc1.Cc1ccc(S(=O)(=O)N2Cc3c(C)c(O)c(Br)c(C)c3C2)cc1. The van der Waals surface area contributed by atoms with Gasteiger partial charge in [-0.3, -0.25) is 0 Å². The molecule has 46 heavy (non-hydrogen) atoms. The molecule has 0 bridgehead atoms. The molecule has 8 nitrogen and oxygen atoms in total. The Labute approximate surface area is 288 Å². The highest BCUT2D eigenvalue weighted by Gasteiger charge is 2.35. The van der Waals surface area contributed by atoms with Gasteiger partial charge in [-0.15, -0.1) is 0 Å². The molecule has 2 aliphatic heterocycles. The van der Waals surface area contributed by atoms with E-state index in [0.29, 0.717) is 44.9 Å². The summed E-state index contributed by atoms with van der Waals surface area (Å²) in [6, 6.07) is 13.8. The maximum atomic E-state index is 12.9. The van der Waals surface area contributed by atoms with Gasteiger partial charge in [0.15, 0.2) is 0 Å². The van der Waals surface area contributed by atoms with Crippen molar-refractivity contribution in [1.82, 2.24) is 8.61 Å². The minimum atomic E-state index is -3.55. The molecular formula is C34H36Br2N2O6S2. The van der Waals surface area contributed by atoms with Crippen LogP contribution in [0.5, 0.6) is 11.5 Å². The van der Waals surface area contributed by atoms with Crippen LogP contribution in [0.4, 0.5) is 0 Å². The highest BCUT2D eigenvalue weighted by molar-refractivity contribution is 9.11. The number of sulfonamides is 2. The predicted molar refractivity (Wildman–Crippen MR) is 186 cm³/mol. The van der Waals surface area contributed by atoms with E-state index < -0.39 is 20.0 Å². The summed E-state index contributed by atoms with van der Waals surface area (Å²) in [5.41, 5.74) is 9.06. The molecule has 0 saturated carbocycles. The number of halogens is 2. The Morgan fingerprint density at radius 1 is 0.500 bits per heavy atom. The van der Waals surface area contributed by atoms with Gasteiger partial charge in [0.1, 0.15) is 11.5 Å². The van der Waals surface area contributed by atoms with Crippen molar-refractivity contribution in [2.75, 3.05) is 0 Å². The van der Waals surface area contributed by atoms with Crippen LogP contribution < -0.4 is 0 Å². The van der Waals surface area contributed by atoms with Gasteiger partial charge in [-0.05, 0) is 142 Å². The summed E-state index contributed by atoms with van der Waals surface area (Å²) < 4.78 is 55.7. The highest BCUT2D eigenvalue weighted by Crippen LogP contribution is 2.43. The maximum Gasteiger partial charge on any atom is 0.243 e. The van der Waals surface area contributed by atoms with E-state index in [0.717, 1.165) is 55.6 Å². The second-order valence-corrected chi connectivity index (χ2v) is 17.4. The first-order chi connectivity index (χ1) is 21.5. The van der Waals surface area contributed by atoms with Crippen LogP contribution in [0.1, 0.15) is 55.6 Å². The van der Waals surface area contributed by atoms with E-state index >= 15 is 0 Å². The second kappa shape index (κ2) is 12.7. The van der Waals surface area contributed by atoms with E-state index in [1.807, 2.05) is 41.5 Å². The molecule has 244 valence electrons. The van der Waals surface area contributed by atoms with Crippen LogP contribution in [0, 0.1) is 41.5 Å². The first kappa shape index (κ1) is 34.6. The zero-order valence-electron chi connectivity index (χ0n) is 26.4. The summed E-state index contributed by atoms with van der Waals surface area (Å²) in [5.74, 6) is 0.381. The molecule has 0 radical (unpaired) electrons. The lowest BCUT2D eigenvalue weighted by Gasteiger charge is -2.16. The molecule has 2 N–H and O–H groups in total. The van der Waals surface area contributed by atoms with E-state index in [1.165, 1.54) is 8.61 Å². The lowest BCUT2D eigenvalue weighted by atomic mass is 9.99. The normalized spacial score (nSPS) is 15.0. The number of fused-ring (bicyclic) bond motifs is 2. The lowest BCUT2D eigenvalue weighted by Crippen LogP contribution is -2.25. The van der Waals surface area contributed by atoms with Gasteiger partial charge in [0, 0.05) is 26.2 Å². The summed E-state index contributed by atoms with van der Waals surface area (Å²) in [6.45, 7) is 12.5. The van der Waals surface area contributed by atoms with Crippen molar-refractivity contribution < 1.29 is 27.0 Å². The highest BCUT2D eigenvalue weighted by atomic mass is 79.9. The van der Waals surface area contributed by atoms with Gasteiger partial charge in [0.05, 0.1) is 18.7 Å². The van der Waals surface area contributed by atoms with Crippen molar-refractivity contribution in [3.63, 3.8) is 0 Å². The van der Waals surface area contributed by atoms with Crippen molar-refractivity contribution in [1.29, 1.82) is 0 Å². The number of hydrogen-bond donors (Lipinski definition) is 2. The first-order valence-corrected chi connectivity index (χ1v) is 19.1. The Morgan fingerprint density at radius 2 is 0.761 bits per heavy atom. The number of hydrogen-bond acceptors (Lipinski definition) is 6. The van der Waals surface area contributed by atoms with Crippen LogP contribution in [-0.4, -0.2) is 35.7 Å². The van der Waals surface area contributed by atoms with E-state index in [4.69, 9.17) is 0 Å². The molecule has 0 spiro atoms. The third kappa shape index (κ3) is 6.04. The van der Waals surface area contributed by atoms with Crippen LogP contribution in [0.2, 0.25) is 0 Å². The number of nitrogens with zero attached hydrogens (tertiary/aromatic N) is 2. The van der Waals surface area contributed by atoms with Gasteiger partial charge >= 0.3 is 0 Å². The topological polar surface area (TPSA) is 115 Å². The quantitative estimate of drug-likeness (QED) is 0.221. The minimum Gasteiger partial charge on any atom is -0.506 e. The van der Waals surface area contributed by atoms with Crippen LogP contribution >= 0.6 is 31.9 Å². The molecule has 12 heteroatoms. The molecule has 0 saturated heterocycles. The minimum absolute atomic E-state index is 0.191. The predicted octanol–water partition coefficient (Wildman–Crippen LogP) is 7.57. The summed E-state index contributed by atoms with van der Waals surface area (Å²) in [6.07, 6.45) is 0. The smallest absolute Gasteiger partial charge is 0.243 e. The molecule has 0 aliphatic carbocycles. The fourth-order valence-corrected chi connectivity index (χ4v) is 9.70. The number of aryl methyl sites for hydroxylation is 2. The zero-order chi connectivity index (χ0) is 33.9. The summed E-state index contributed by atoms with van der Waals surface area (Å²) in [7, 11) is -7.09. The van der Waals surface area contributed by atoms with Gasteiger partial charge < -0.3 is 10.2 Å². The third-order valence-corrected chi connectivity index (χ3v) is 14.5. The fraction of sp³-hybridized carbons (Fsp3) is 0.294. The molecule has 4 aromatic carbocycles. The maximum absolute atomic E-state index is 12.9. The molecule has 2 heterocycles. The number of phenolic OH excluding ortho intramolecular Hbond substituents is 2. The molecule has 0 atom stereocenters. The summed E-state index contributed by atoms with van der Waals surface area (Å²) in [4.78, 5) is 0.601. The number of rotatable bonds is 4. The Balaban J connectivity index is 0.000000181.